The Hall–Kier alpha value is -3.00. The van der Waals surface area contributed by atoms with E-state index < -0.39 is 0 Å². The van der Waals surface area contributed by atoms with Crippen LogP contribution in [0.5, 0.6) is 0 Å². The highest BCUT2D eigenvalue weighted by atomic mass is 79.9. The summed E-state index contributed by atoms with van der Waals surface area (Å²) in [6.45, 7) is 4.04. The fourth-order valence-corrected chi connectivity index (χ4v) is 2.96. The van der Waals surface area contributed by atoms with Crippen molar-refractivity contribution < 1.29 is 4.52 Å². The number of aryl methyl sites for hydroxylation is 2. The monoisotopic (exact) mass is 410 g/mol. The number of nitrogens with two attached hydrogens (primary N) is 1. The molecule has 0 radical (unpaired) electrons. The molecule has 26 heavy (non-hydrogen) atoms. The van der Waals surface area contributed by atoms with Gasteiger partial charge in [-0.25, -0.2) is 0 Å². The van der Waals surface area contributed by atoms with E-state index in [1.807, 2.05) is 50.2 Å². The highest BCUT2D eigenvalue weighted by molar-refractivity contribution is 9.10. The Bertz CT molecular complexity index is 1080. The molecule has 8 heteroatoms. The van der Waals surface area contributed by atoms with E-state index in [1.54, 1.807) is 4.68 Å². The normalized spacial score (nSPS) is 11.0. The molecule has 2 heterocycles. The van der Waals surface area contributed by atoms with E-state index in [0.29, 0.717) is 17.3 Å². The minimum atomic E-state index is 0.233. The second-order valence-electron chi connectivity index (χ2n) is 5.96. The number of hydrogen-bond donors (Lipinski definition) is 1. The van der Waals surface area contributed by atoms with E-state index >= 15 is 0 Å². The van der Waals surface area contributed by atoms with Crippen molar-refractivity contribution in [1.82, 2.24) is 25.1 Å². The maximum absolute atomic E-state index is 6.25. The third-order valence-electron chi connectivity index (χ3n) is 4.02. The molecule has 7 nitrogen and oxygen atoms in total. The molecule has 4 aromatic rings. The van der Waals surface area contributed by atoms with E-state index in [9.17, 15) is 0 Å². The number of aromatic nitrogens is 5. The van der Waals surface area contributed by atoms with E-state index in [2.05, 4.69) is 42.4 Å². The zero-order chi connectivity index (χ0) is 18.3. The Kier molecular flexibility index (Phi) is 4.04. The molecule has 0 atom stereocenters. The largest absolute Gasteiger partial charge is 0.382 e. The van der Waals surface area contributed by atoms with Crippen molar-refractivity contribution in [2.75, 3.05) is 5.73 Å². The molecule has 0 unspecified atom stereocenters. The molecule has 0 saturated heterocycles. The van der Waals surface area contributed by atoms with Gasteiger partial charge in [-0.1, -0.05) is 44.0 Å². The first-order valence-corrected chi connectivity index (χ1v) is 8.71. The summed E-state index contributed by atoms with van der Waals surface area (Å²) in [4.78, 5) is 4.40. The molecule has 4 rings (SSSR count). The predicted molar refractivity (Wildman–Crippen MR) is 102 cm³/mol. The van der Waals surface area contributed by atoms with Crippen molar-refractivity contribution >= 4 is 21.7 Å². The molecule has 0 aliphatic heterocycles. The van der Waals surface area contributed by atoms with E-state index in [4.69, 9.17) is 10.3 Å². The van der Waals surface area contributed by atoms with Crippen molar-refractivity contribution in [1.29, 1.82) is 0 Å². The molecule has 0 aliphatic rings. The smallest absolute Gasteiger partial charge is 0.282 e. The highest BCUT2D eigenvalue weighted by Gasteiger charge is 2.20. The third-order valence-corrected chi connectivity index (χ3v) is 4.55. The fraction of sp³-hybridized carbons (Fsp3) is 0.111. The molecule has 2 aromatic heterocycles. The number of nitrogens with zero attached hydrogens (tertiary/aromatic N) is 5. The standard InChI is InChI=1S/C18H15BrN6O/c1-10-3-8-14(11(2)9-10)25-16(20)15(22-24-25)18-21-17(23-26-18)12-4-6-13(19)7-5-12/h3-9H,20H2,1-2H3. The maximum atomic E-state index is 6.25. The predicted octanol–water partition coefficient (Wildman–Crippen LogP) is 3.95. The Morgan fingerprint density at radius 3 is 2.58 bits per heavy atom. The lowest BCUT2D eigenvalue weighted by Gasteiger charge is -2.07. The number of benzene rings is 2. The second-order valence-corrected chi connectivity index (χ2v) is 6.87. The van der Waals surface area contributed by atoms with Crippen LogP contribution in [-0.2, 0) is 0 Å². The first kappa shape index (κ1) is 16.5. The lowest BCUT2D eigenvalue weighted by atomic mass is 10.1. The van der Waals surface area contributed by atoms with Crippen LogP contribution in [0.1, 0.15) is 11.1 Å². The minimum absolute atomic E-state index is 0.233. The zero-order valence-electron chi connectivity index (χ0n) is 14.1. The van der Waals surface area contributed by atoms with Gasteiger partial charge in [-0.3, -0.25) is 0 Å². The quantitative estimate of drug-likeness (QED) is 0.549. The van der Waals surface area contributed by atoms with Crippen LogP contribution in [0.2, 0.25) is 0 Å². The van der Waals surface area contributed by atoms with E-state index in [1.165, 1.54) is 5.56 Å². The van der Waals surface area contributed by atoms with Crippen molar-refractivity contribution in [2.45, 2.75) is 13.8 Å². The molecule has 2 aromatic carbocycles. The molecule has 2 N–H and O–H groups in total. The van der Waals surface area contributed by atoms with Crippen LogP contribution < -0.4 is 5.73 Å². The summed E-state index contributed by atoms with van der Waals surface area (Å²) in [6.07, 6.45) is 0. The van der Waals surface area contributed by atoms with Gasteiger partial charge in [-0.05, 0) is 49.7 Å². The molecular weight excluding hydrogens is 396 g/mol. The zero-order valence-corrected chi connectivity index (χ0v) is 15.7. The number of nitrogen functional groups attached to an aromatic ring is 1. The van der Waals surface area contributed by atoms with Gasteiger partial charge in [0.05, 0.1) is 5.69 Å². The Balaban J connectivity index is 1.72. The topological polar surface area (TPSA) is 95.6 Å². The van der Waals surface area contributed by atoms with Crippen LogP contribution in [0.15, 0.2) is 51.5 Å². The van der Waals surface area contributed by atoms with Gasteiger partial charge >= 0.3 is 0 Å². The highest BCUT2D eigenvalue weighted by Crippen LogP contribution is 2.27. The van der Waals surface area contributed by atoms with Crippen LogP contribution in [0, 0.1) is 13.8 Å². The summed E-state index contributed by atoms with van der Waals surface area (Å²) in [7, 11) is 0. The molecule has 0 bridgehead atoms. The SMILES string of the molecule is Cc1ccc(-n2nnc(-c3nc(-c4ccc(Br)cc4)no3)c2N)c(C)c1. The average molecular weight is 411 g/mol. The number of halogens is 1. The van der Waals surface area contributed by atoms with Gasteiger partial charge in [0, 0.05) is 10.0 Å². The summed E-state index contributed by atoms with van der Waals surface area (Å²) in [5.74, 6) is 1.05. The number of hydrogen-bond acceptors (Lipinski definition) is 6. The second kappa shape index (κ2) is 6.38. The van der Waals surface area contributed by atoms with Gasteiger partial charge in [-0.15, -0.1) is 5.10 Å². The average Bonchev–Trinajstić information content (AvgIpc) is 3.23. The molecule has 130 valence electrons. The van der Waals surface area contributed by atoms with Crippen molar-refractivity contribution in [2.24, 2.45) is 0 Å². The van der Waals surface area contributed by atoms with E-state index in [-0.39, 0.29) is 5.89 Å². The summed E-state index contributed by atoms with van der Waals surface area (Å²) >= 11 is 3.40. The lowest BCUT2D eigenvalue weighted by Crippen LogP contribution is -2.04. The minimum Gasteiger partial charge on any atom is -0.382 e. The lowest BCUT2D eigenvalue weighted by molar-refractivity contribution is 0.431. The molecule has 0 saturated carbocycles. The van der Waals surface area contributed by atoms with Crippen LogP contribution in [0.4, 0.5) is 5.82 Å². The van der Waals surface area contributed by atoms with Crippen LogP contribution in [0.3, 0.4) is 0 Å². The maximum Gasteiger partial charge on any atom is 0.282 e. The van der Waals surface area contributed by atoms with Crippen LogP contribution in [0.25, 0.3) is 28.7 Å². The van der Waals surface area contributed by atoms with Gasteiger partial charge in [0.25, 0.3) is 5.89 Å². The summed E-state index contributed by atoms with van der Waals surface area (Å²) in [5.41, 5.74) is 10.5. The Morgan fingerprint density at radius 1 is 1.08 bits per heavy atom. The number of anilines is 1. The van der Waals surface area contributed by atoms with Crippen molar-refractivity contribution in [3.05, 3.63) is 58.1 Å². The summed E-state index contributed by atoms with van der Waals surface area (Å²) in [5, 5.41) is 12.3. The van der Waals surface area contributed by atoms with Crippen LogP contribution >= 0.6 is 15.9 Å². The Morgan fingerprint density at radius 2 is 1.85 bits per heavy atom. The van der Waals surface area contributed by atoms with Gasteiger partial charge < -0.3 is 10.3 Å². The molecule has 0 fully saturated rings. The van der Waals surface area contributed by atoms with Crippen molar-refractivity contribution in [3.8, 4) is 28.7 Å². The molecular formula is C18H15BrN6O. The fourth-order valence-electron chi connectivity index (χ4n) is 2.70. The first-order valence-electron chi connectivity index (χ1n) is 7.92. The number of rotatable bonds is 3. The van der Waals surface area contributed by atoms with Crippen LogP contribution in [-0.4, -0.2) is 25.1 Å². The van der Waals surface area contributed by atoms with E-state index in [0.717, 1.165) is 21.3 Å². The molecule has 0 amide bonds. The van der Waals surface area contributed by atoms with Gasteiger partial charge in [-0.2, -0.15) is 9.67 Å². The summed E-state index contributed by atoms with van der Waals surface area (Å²) < 4.78 is 7.90. The van der Waals surface area contributed by atoms with Gasteiger partial charge in [0.1, 0.15) is 0 Å². The third kappa shape index (κ3) is 2.88. The molecule has 0 spiro atoms. The van der Waals surface area contributed by atoms with Crippen molar-refractivity contribution in [3.63, 3.8) is 0 Å². The summed E-state index contributed by atoms with van der Waals surface area (Å²) in [6, 6.07) is 13.6. The molecule has 0 aliphatic carbocycles. The van der Waals surface area contributed by atoms with Gasteiger partial charge in [0.2, 0.25) is 5.82 Å². The first-order chi connectivity index (χ1) is 12.5. The van der Waals surface area contributed by atoms with Gasteiger partial charge in [0.15, 0.2) is 11.5 Å². The Labute approximate surface area is 158 Å².